The first-order valence-electron chi connectivity index (χ1n) is 7.52. The Hall–Kier alpha value is -2.59. The predicted molar refractivity (Wildman–Crippen MR) is 96.3 cm³/mol. The van der Waals surface area contributed by atoms with Crippen LogP contribution in [0.15, 0.2) is 48.5 Å². The van der Waals surface area contributed by atoms with Crippen molar-refractivity contribution in [1.29, 1.82) is 0 Å². The van der Waals surface area contributed by atoms with Crippen LogP contribution in [-0.2, 0) is 9.53 Å². The summed E-state index contributed by atoms with van der Waals surface area (Å²) in [6.07, 6.45) is 3.15. The molecule has 0 radical (unpaired) electrons. The van der Waals surface area contributed by atoms with E-state index < -0.39 is 5.97 Å². The summed E-state index contributed by atoms with van der Waals surface area (Å²) in [5.41, 5.74) is 2.86. The molecule has 2 aromatic carbocycles. The van der Waals surface area contributed by atoms with Crippen molar-refractivity contribution in [2.24, 2.45) is 0 Å². The number of carbonyl (C=O) groups is 2. The molecule has 0 unspecified atom stereocenters. The number of anilines is 1. The lowest BCUT2D eigenvalue weighted by Crippen LogP contribution is -2.09. The second-order valence-electron chi connectivity index (χ2n) is 5.15. The van der Waals surface area contributed by atoms with E-state index in [0.29, 0.717) is 17.9 Å². The van der Waals surface area contributed by atoms with E-state index in [2.05, 4.69) is 5.32 Å². The number of ether oxygens (including phenoxy) is 1. The van der Waals surface area contributed by atoms with E-state index in [1.807, 2.05) is 31.2 Å². The van der Waals surface area contributed by atoms with E-state index in [0.717, 1.165) is 11.1 Å². The van der Waals surface area contributed by atoms with Gasteiger partial charge in [-0.15, -0.1) is 0 Å². The lowest BCUT2D eigenvalue weighted by molar-refractivity contribution is -0.111. The Labute approximate surface area is 146 Å². The fourth-order valence-electron chi connectivity index (χ4n) is 1.98. The van der Waals surface area contributed by atoms with Crippen molar-refractivity contribution in [1.82, 2.24) is 0 Å². The quantitative estimate of drug-likeness (QED) is 0.643. The number of esters is 1. The molecule has 0 heterocycles. The number of halogens is 1. The fraction of sp³-hybridized carbons (Fsp3) is 0.158. The van der Waals surface area contributed by atoms with Crippen LogP contribution in [0.25, 0.3) is 6.08 Å². The van der Waals surface area contributed by atoms with E-state index in [9.17, 15) is 9.59 Å². The Balaban J connectivity index is 2.03. The fourth-order valence-corrected chi connectivity index (χ4v) is 2.21. The normalized spacial score (nSPS) is 10.6. The Kier molecular flexibility index (Phi) is 6.15. The van der Waals surface area contributed by atoms with Gasteiger partial charge in [-0.3, -0.25) is 4.79 Å². The number of hydrogen-bond donors (Lipinski definition) is 1. The Morgan fingerprint density at radius 2 is 1.88 bits per heavy atom. The number of hydrogen-bond acceptors (Lipinski definition) is 3. The van der Waals surface area contributed by atoms with E-state index in [4.69, 9.17) is 16.3 Å². The highest BCUT2D eigenvalue weighted by molar-refractivity contribution is 6.34. The SMILES string of the molecule is CCOC(=O)c1ccc(NC(=O)/C=C/c2ccc(C)cc2)c(Cl)c1. The van der Waals surface area contributed by atoms with Crippen molar-refractivity contribution in [3.05, 3.63) is 70.3 Å². The molecule has 24 heavy (non-hydrogen) atoms. The predicted octanol–water partition coefficient (Wildman–Crippen LogP) is 4.48. The van der Waals surface area contributed by atoms with Gasteiger partial charge >= 0.3 is 5.97 Å². The summed E-state index contributed by atoms with van der Waals surface area (Å²) in [5, 5.41) is 2.96. The summed E-state index contributed by atoms with van der Waals surface area (Å²) < 4.78 is 4.90. The maximum atomic E-state index is 12.0. The second kappa shape index (κ2) is 8.31. The van der Waals surface area contributed by atoms with Crippen LogP contribution in [-0.4, -0.2) is 18.5 Å². The standard InChI is InChI=1S/C19H18ClNO3/c1-3-24-19(23)15-9-10-17(16(20)12-15)21-18(22)11-8-14-6-4-13(2)5-7-14/h4-12H,3H2,1-2H3,(H,21,22)/b11-8+. The van der Waals surface area contributed by atoms with E-state index in [1.165, 1.54) is 12.1 Å². The van der Waals surface area contributed by atoms with Crippen LogP contribution in [0.3, 0.4) is 0 Å². The molecule has 0 fully saturated rings. The largest absolute Gasteiger partial charge is 0.462 e. The zero-order chi connectivity index (χ0) is 17.5. The van der Waals surface area contributed by atoms with E-state index in [-0.39, 0.29) is 10.9 Å². The monoisotopic (exact) mass is 343 g/mol. The molecule has 0 aliphatic heterocycles. The number of amides is 1. The van der Waals surface area contributed by atoms with Crippen LogP contribution in [0.5, 0.6) is 0 Å². The van der Waals surface area contributed by atoms with Crippen LogP contribution < -0.4 is 5.32 Å². The number of aryl methyl sites for hydroxylation is 1. The highest BCUT2D eigenvalue weighted by Gasteiger charge is 2.10. The third kappa shape index (κ3) is 4.96. The molecule has 124 valence electrons. The molecule has 0 aliphatic rings. The molecule has 0 spiro atoms. The first kappa shape index (κ1) is 17.8. The third-order valence-electron chi connectivity index (χ3n) is 3.24. The van der Waals surface area contributed by atoms with Gasteiger partial charge in [0, 0.05) is 6.08 Å². The number of benzene rings is 2. The van der Waals surface area contributed by atoms with Gasteiger partial charge in [0.15, 0.2) is 0 Å². The lowest BCUT2D eigenvalue weighted by atomic mass is 10.1. The van der Waals surface area contributed by atoms with Gasteiger partial charge in [0.05, 0.1) is 22.9 Å². The minimum atomic E-state index is -0.448. The van der Waals surface area contributed by atoms with Crippen molar-refractivity contribution in [2.45, 2.75) is 13.8 Å². The lowest BCUT2D eigenvalue weighted by Gasteiger charge is -2.07. The molecule has 0 aromatic heterocycles. The number of rotatable bonds is 5. The summed E-state index contributed by atoms with van der Waals surface area (Å²) in [5.74, 6) is -0.752. The highest BCUT2D eigenvalue weighted by atomic mass is 35.5. The van der Waals surface area contributed by atoms with Gasteiger partial charge in [-0.25, -0.2) is 4.79 Å². The Morgan fingerprint density at radius 1 is 1.17 bits per heavy atom. The zero-order valence-electron chi connectivity index (χ0n) is 13.5. The van der Waals surface area contributed by atoms with Gasteiger partial charge in [-0.2, -0.15) is 0 Å². The summed E-state index contributed by atoms with van der Waals surface area (Å²) in [6, 6.07) is 12.4. The molecular weight excluding hydrogens is 326 g/mol. The maximum Gasteiger partial charge on any atom is 0.338 e. The molecule has 4 nitrogen and oxygen atoms in total. The average Bonchev–Trinajstić information content (AvgIpc) is 2.56. The summed E-state index contributed by atoms with van der Waals surface area (Å²) in [6.45, 7) is 4.02. The van der Waals surface area contributed by atoms with Crippen LogP contribution in [0, 0.1) is 6.92 Å². The van der Waals surface area contributed by atoms with Gasteiger partial charge in [-0.1, -0.05) is 41.4 Å². The van der Waals surface area contributed by atoms with Gasteiger partial charge in [0.25, 0.3) is 0 Å². The van der Waals surface area contributed by atoms with Crippen molar-refractivity contribution < 1.29 is 14.3 Å². The maximum absolute atomic E-state index is 12.0. The van der Waals surface area contributed by atoms with Crippen LogP contribution >= 0.6 is 11.6 Å². The first-order chi connectivity index (χ1) is 11.5. The molecule has 2 aromatic rings. The Morgan fingerprint density at radius 3 is 2.50 bits per heavy atom. The molecule has 0 atom stereocenters. The van der Waals surface area contributed by atoms with E-state index >= 15 is 0 Å². The molecule has 0 saturated heterocycles. The third-order valence-corrected chi connectivity index (χ3v) is 3.56. The van der Waals surface area contributed by atoms with Crippen LogP contribution in [0.2, 0.25) is 5.02 Å². The zero-order valence-corrected chi connectivity index (χ0v) is 14.3. The molecule has 5 heteroatoms. The van der Waals surface area contributed by atoms with Gasteiger partial charge < -0.3 is 10.1 Å². The van der Waals surface area contributed by atoms with Crippen LogP contribution in [0.1, 0.15) is 28.4 Å². The van der Waals surface area contributed by atoms with Crippen molar-refractivity contribution in [3.8, 4) is 0 Å². The van der Waals surface area contributed by atoms with Crippen LogP contribution in [0.4, 0.5) is 5.69 Å². The summed E-state index contributed by atoms with van der Waals surface area (Å²) >= 11 is 6.11. The molecule has 1 N–H and O–H groups in total. The van der Waals surface area contributed by atoms with Gasteiger partial charge in [-0.05, 0) is 43.7 Å². The second-order valence-corrected chi connectivity index (χ2v) is 5.56. The smallest absolute Gasteiger partial charge is 0.338 e. The summed E-state index contributed by atoms with van der Waals surface area (Å²) in [4.78, 5) is 23.6. The molecule has 2 rings (SSSR count). The highest BCUT2D eigenvalue weighted by Crippen LogP contribution is 2.23. The number of nitrogens with one attached hydrogen (secondary N) is 1. The first-order valence-corrected chi connectivity index (χ1v) is 7.90. The van der Waals surface area contributed by atoms with Crippen molar-refractivity contribution >= 4 is 35.2 Å². The number of carbonyl (C=O) groups excluding carboxylic acids is 2. The Bertz CT molecular complexity index is 767. The minimum absolute atomic E-state index is 0.276. The molecular formula is C19H18ClNO3. The van der Waals surface area contributed by atoms with Gasteiger partial charge in [0.1, 0.15) is 0 Å². The topological polar surface area (TPSA) is 55.4 Å². The molecule has 1 amide bonds. The van der Waals surface area contributed by atoms with Crippen molar-refractivity contribution in [3.63, 3.8) is 0 Å². The molecule has 0 aliphatic carbocycles. The molecule has 0 bridgehead atoms. The summed E-state index contributed by atoms with van der Waals surface area (Å²) in [7, 11) is 0. The average molecular weight is 344 g/mol. The van der Waals surface area contributed by atoms with Crippen molar-refractivity contribution in [2.75, 3.05) is 11.9 Å². The van der Waals surface area contributed by atoms with Gasteiger partial charge in [0.2, 0.25) is 5.91 Å². The minimum Gasteiger partial charge on any atom is -0.462 e. The van der Waals surface area contributed by atoms with E-state index in [1.54, 1.807) is 25.1 Å². The molecule has 0 saturated carbocycles.